The Labute approximate surface area is 121 Å². The van der Waals surface area contributed by atoms with Crippen molar-refractivity contribution in [1.82, 2.24) is 4.90 Å². The van der Waals surface area contributed by atoms with Crippen molar-refractivity contribution >= 4 is 22.6 Å². The SMILES string of the molecule is COc1cc(I)ccc1OCCN1CCOCC1. The Morgan fingerprint density at radius 1 is 1.28 bits per heavy atom. The van der Waals surface area contributed by atoms with E-state index in [9.17, 15) is 0 Å². The molecule has 4 nitrogen and oxygen atoms in total. The summed E-state index contributed by atoms with van der Waals surface area (Å²) in [6, 6.07) is 5.96. The van der Waals surface area contributed by atoms with E-state index in [0.717, 1.165) is 47.9 Å². The number of hydrogen-bond acceptors (Lipinski definition) is 4. The fraction of sp³-hybridized carbons (Fsp3) is 0.538. The molecule has 0 amide bonds. The summed E-state index contributed by atoms with van der Waals surface area (Å²) in [5, 5.41) is 0. The standard InChI is InChI=1S/C13H18INO3/c1-16-13-10-11(14)2-3-12(13)18-9-6-15-4-7-17-8-5-15/h2-3,10H,4-9H2,1H3. The first-order valence-corrected chi connectivity index (χ1v) is 7.14. The van der Waals surface area contributed by atoms with E-state index >= 15 is 0 Å². The molecule has 1 aromatic rings. The molecule has 0 radical (unpaired) electrons. The minimum atomic E-state index is 0.678. The van der Waals surface area contributed by atoms with Gasteiger partial charge in [-0.15, -0.1) is 0 Å². The smallest absolute Gasteiger partial charge is 0.161 e. The zero-order valence-electron chi connectivity index (χ0n) is 10.5. The van der Waals surface area contributed by atoms with Crippen LogP contribution in [0.4, 0.5) is 0 Å². The number of hydrogen-bond donors (Lipinski definition) is 0. The normalized spacial score (nSPS) is 16.6. The first-order chi connectivity index (χ1) is 8.79. The van der Waals surface area contributed by atoms with Crippen LogP contribution in [-0.2, 0) is 4.74 Å². The average molecular weight is 363 g/mol. The molecule has 1 aliphatic rings. The summed E-state index contributed by atoms with van der Waals surface area (Å²) in [4.78, 5) is 2.35. The van der Waals surface area contributed by atoms with Crippen LogP contribution < -0.4 is 9.47 Å². The van der Waals surface area contributed by atoms with Crippen LogP contribution in [0.2, 0.25) is 0 Å². The van der Waals surface area contributed by atoms with Crippen LogP contribution in [0.15, 0.2) is 18.2 Å². The molecule has 1 aromatic carbocycles. The summed E-state index contributed by atoms with van der Waals surface area (Å²) in [6.07, 6.45) is 0. The molecule has 2 rings (SSSR count). The van der Waals surface area contributed by atoms with E-state index in [1.165, 1.54) is 0 Å². The highest BCUT2D eigenvalue weighted by Crippen LogP contribution is 2.28. The summed E-state index contributed by atoms with van der Waals surface area (Å²) < 4.78 is 17.5. The molecule has 18 heavy (non-hydrogen) atoms. The van der Waals surface area contributed by atoms with Gasteiger partial charge in [0, 0.05) is 23.2 Å². The van der Waals surface area contributed by atoms with E-state index in [-0.39, 0.29) is 0 Å². The van der Waals surface area contributed by atoms with Crippen molar-refractivity contribution in [2.24, 2.45) is 0 Å². The summed E-state index contributed by atoms with van der Waals surface area (Å²) in [5.41, 5.74) is 0. The predicted molar refractivity (Wildman–Crippen MR) is 78.5 cm³/mol. The molecule has 1 fully saturated rings. The van der Waals surface area contributed by atoms with Crippen molar-refractivity contribution in [3.05, 3.63) is 21.8 Å². The molecule has 0 atom stereocenters. The lowest BCUT2D eigenvalue weighted by atomic mass is 10.3. The predicted octanol–water partition coefficient (Wildman–Crippen LogP) is 2.01. The molecule has 0 aromatic heterocycles. The number of methoxy groups -OCH3 is 1. The first kappa shape index (κ1) is 13.9. The maximum absolute atomic E-state index is 5.77. The Balaban J connectivity index is 1.82. The summed E-state index contributed by atoms with van der Waals surface area (Å²) in [7, 11) is 1.67. The fourth-order valence-corrected chi connectivity index (χ4v) is 2.33. The lowest BCUT2D eigenvalue weighted by Crippen LogP contribution is -2.38. The monoisotopic (exact) mass is 363 g/mol. The molecule has 0 saturated carbocycles. The van der Waals surface area contributed by atoms with E-state index in [1.54, 1.807) is 7.11 Å². The molecule has 0 aliphatic carbocycles. The van der Waals surface area contributed by atoms with E-state index in [4.69, 9.17) is 14.2 Å². The highest BCUT2D eigenvalue weighted by molar-refractivity contribution is 14.1. The largest absolute Gasteiger partial charge is 0.493 e. The van der Waals surface area contributed by atoms with Crippen molar-refractivity contribution in [3.8, 4) is 11.5 Å². The van der Waals surface area contributed by atoms with Gasteiger partial charge in [-0.1, -0.05) is 0 Å². The van der Waals surface area contributed by atoms with Crippen LogP contribution in [0, 0.1) is 3.57 Å². The number of rotatable bonds is 5. The van der Waals surface area contributed by atoms with Gasteiger partial charge in [0.1, 0.15) is 6.61 Å². The molecule has 0 spiro atoms. The van der Waals surface area contributed by atoms with Crippen molar-refractivity contribution < 1.29 is 14.2 Å². The topological polar surface area (TPSA) is 30.9 Å². The van der Waals surface area contributed by atoms with Crippen molar-refractivity contribution in [1.29, 1.82) is 0 Å². The number of nitrogens with zero attached hydrogens (tertiary/aromatic N) is 1. The van der Waals surface area contributed by atoms with Gasteiger partial charge in [0.05, 0.1) is 20.3 Å². The number of halogens is 1. The summed E-state index contributed by atoms with van der Waals surface area (Å²) in [5.74, 6) is 1.61. The minimum absolute atomic E-state index is 0.678. The number of morpholine rings is 1. The zero-order valence-corrected chi connectivity index (χ0v) is 12.7. The first-order valence-electron chi connectivity index (χ1n) is 6.06. The second kappa shape index (κ2) is 7.16. The van der Waals surface area contributed by atoms with Gasteiger partial charge in [-0.2, -0.15) is 0 Å². The van der Waals surface area contributed by atoms with Crippen molar-refractivity contribution in [3.63, 3.8) is 0 Å². The Bertz CT molecular complexity index is 380. The van der Waals surface area contributed by atoms with Crippen LogP contribution in [-0.4, -0.2) is 51.5 Å². The third-order valence-corrected chi connectivity index (χ3v) is 3.57. The molecule has 1 saturated heterocycles. The third kappa shape index (κ3) is 4.00. The molecule has 0 unspecified atom stereocenters. The molecular formula is C13H18INO3. The van der Waals surface area contributed by atoms with Crippen molar-refractivity contribution in [2.45, 2.75) is 0 Å². The number of benzene rings is 1. The van der Waals surface area contributed by atoms with Crippen LogP contribution in [0.5, 0.6) is 11.5 Å². The zero-order chi connectivity index (χ0) is 12.8. The van der Waals surface area contributed by atoms with Gasteiger partial charge in [-0.3, -0.25) is 4.90 Å². The quantitative estimate of drug-likeness (QED) is 0.749. The second-order valence-electron chi connectivity index (χ2n) is 4.10. The maximum Gasteiger partial charge on any atom is 0.161 e. The van der Waals surface area contributed by atoms with Crippen LogP contribution in [0.1, 0.15) is 0 Å². The average Bonchev–Trinajstić information content (AvgIpc) is 2.41. The third-order valence-electron chi connectivity index (χ3n) is 2.89. The van der Waals surface area contributed by atoms with Gasteiger partial charge < -0.3 is 14.2 Å². The van der Waals surface area contributed by atoms with E-state index in [1.807, 2.05) is 18.2 Å². The second-order valence-corrected chi connectivity index (χ2v) is 5.34. The number of ether oxygens (including phenoxy) is 3. The summed E-state index contributed by atoms with van der Waals surface area (Å²) >= 11 is 2.26. The van der Waals surface area contributed by atoms with Gasteiger partial charge in [0.25, 0.3) is 0 Å². The van der Waals surface area contributed by atoms with Gasteiger partial charge in [-0.25, -0.2) is 0 Å². The Morgan fingerprint density at radius 3 is 2.78 bits per heavy atom. The van der Waals surface area contributed by atoms with Gasteiger partial charge in [0.2, 0.25) is 0 Å². The van der Waals surface area contributed by atoms with E-state index < -0.39 is 0 Å². The fourth-order valence-electron chi connectivity index (χ4n) is 1.87. The maximum atomic E-state index is 5.77. The highest BCUT2D eigenvalue weighted by atomic mass is 127. The van der Waals surface area contributed by atoms with Crippen LogP contribution in [0.25, 0.3) is 0 Å². The molecule has 1 heterocycles. The Morgan fingerprint density at radius 2 is 2.06 bits per heavy atom. The molecule has 1 aliphatic heterocycles. The minimum Gasteiger partial charge on any atom is -0.493 e. The summed E-state index contributed by atoms with van der Waals surface area (Å²) in [6.45, 7) is 5.25. The van der Waals surface area contributed by atoms with Crippen molar-refractivity contribution in [2.75, 3.05) is 46.6 Å². The molecule has 0 bridgehead atoms. The van der Waals surface area contributed by atoms with Gasteiger partial charge >= 0.3 is 0 Å². The van der Waals surface area contributed by atoms with Gasteiger partial charge in [-0.05, 0) is 40.8 Å². The van der Waals surface area contributed by atoms with E-state index in [0.29, 0.717) is 6.61 Å². The van der Waals surface area contributed by atoms with E-state index in [2.05, 4.69) is 27.5 Å². The lowest BCUT2D eigenvalue weighted by molar-refractivity contribution is 0.0321. The lowest BCUT2D eigenvalue weighted by Gasteiger charge is -2.26. The molecule has 0 N–H and O–H groups in total. The Hall–Kier alpha value is -0.530. The molecule has 5 heteroatoms. The molecule has 100 valence electrons. The molecular weight excluding hydrogens is 345 g/mol. The Kier molecular flexibility index (Phi) is 5.52. The van der Waals surface area contributed by atoms with Crippen LogP contribution >= 0.6 is 22.6 Å². The van der Waals surface area contributed by atoms with Gasteiger partial charge in [0.15, 0.2) is 11.5 Å². The highest BCUT2D eigenvalue weighted by Gasteiger charge is 2.10. The van der Waals surface area contributed by atoms with Crippen LogP contribution in [0.3, 0.4) is 0 Å².